The van der Waals surface area contributed by atoms with Crippen molar-refractivity contribution < 1.29 is 13.8 Å². The molecule has 1 aliphatic carbocycles. The SMILES string of the molecule is CCCc1noc(CCC(=O)N2CCC[C@H]2c2noc(C3CC3)n2)n1. The summed E-state index contributed by atoms with van der Waals surface area (Å²) < 4.78 is 10.6. The van der Waals surface area contributed by atoms with Gasteiger partial charge in [-0.1, -0.05) is 17.2 Å². The van der Waals surface area contributed by atoms with Gasteiger partial charge in [-0.3, -0.25) is 4.79 Å². The average Bonchev–Trinajstić information content (AvgIpc) is 3.05. The fraction of sp³-hybridized carbons (Fsp3) is 0.706. The molecule has 25 heavy (non-hydrogen) atoms. The number of carbonyl (C=O) groups excluding carboxylic acids is 1. The van der Waals surface area contributed by atoms with Crippen LogP contribution in [-0.2, 0) is 17.6 Å². The second kappa shape index (κ2) is 6.93. The number of likely N-dealkylation sites (tertiary alicyclic amines) is 1. The molecule has 8 heteroatoms. The molecule has 0 spiro atoms. The van der Waals surface area contributed by atoms with Gasteiger partial charge in [0, 0.05) is 31.7 Å². The Morgan fingerprint density at radius 3 is 2.84 bits per heavy atom. The zero-order valence-electron chi connectivity index (χ0n) is 14.5. The van der Waals surface area contributed by atoms with E-state index < -0.39 is 0 Å². The van der Waals surface area contributed by atoms with E-state index in [4.69, 9.17) is 9.05 Å². The van der Waals surface area contributed by atoms with Crippen LogP contribution < -0.4 is 0 Å². The zero-order valence-corrected chi connectivity index (χ0v) is 14.5. The Kier molecular flexibility index (Phi) is 4.50. The summed E-state index contributed by atoms with van der Waals surface area (Å²) in [5.41, 5.74) is 0. The van der Waals surface area contributed by atoms with Crippen LogP contribution in [0.15, 0.2) is 9.05 Å². The van der Waals surface area contributed by atoms with Gasteiger partial charge in [-0.15, -0.1) is 0 Å². The third kappa shape index (κ3) is 3.57. The van der Waals surface area contributed by atoms with E-state index in [0.29, 0.717) is 36.3 Å². The van der Waals surface area contributed by atoms with E-state index in [1.165, 1.54) is 0 Å². The van der Waals surface area contributed by atoms with Crippen LogP contribution >= 0.6 is 0 Å². The smallest absolute Gasteiger partial charge is 0.229 e. The van der Waals surface area contributed by atoms with E-state index in [-0.39, 0.29) is 11.9 Å². The van der Waals surface area contributed by atoms with Crippen LogP contribution in [0.5, 0.6) is 0 Å². The molecule has 0 radical (unpaired) electrons. The van der Waals surface area contributed by atoms with E-state index in [2.05, 4.69) is 27.2 Å². The molecule has 0 unspecified atom stereocenters. The summed E-state index contributed by atoms with van der Waals surface area (Å²) in [7, 11) is 0. The molecule has 1 saturated heterocycles. The molecule has 0 bridgehead atoms. The molecule has 0 N–H and O–H groups in total. The highest BCUT2D eigenvalue weighted by atomic mass is 16.5. The summed E-state index contributed by atoms with van der Waals surface area (Å²) in [5.74, 6) is 3.13. The van der Waals surface area contributed by atoms with Crippen molar-refractivity contribution in [3.05, 3.63) is 23.4 Å². The van der Waals surface area contributed by atoms with Gasteiger partial charge < -0.3 is 13.9 Å². The first-order chi connectivity index (χ1) is 12.2. The van der Waals surface area contributed by atoms with Crippen molar-refractivity contribution in [1.82, 2.24) is 25.2 Å². The Balaban J connectivity index is 1.36. The molecule has 2 aromatic rings. The predicted octanol–water partition coefficient (Wildman–Crippen LogP) is 2.58. The van der Waals surface area contributed by atoms with Crippen LogP contribution in [0.1, 0.15) is 80.8 Å². The van der Waals surface area contributed by atoms with Crippen molar-refractivity contribution in [3.63, 3.8) is 0 Å². The van der Waals surface area contributed by atoms with Crippen LogP contribution in [0.3, 0.4) is 0 Å². The van der Waals surface area contributed by atoms with Crippen LogP contribution in [0.2, 0.25) is 0 Å². The topological polar surface area (TPSA) is 98.2 Å². The van der Waals surface area contributed by atoms with Crippen molar-refractivity contribution in [2.75, 3.05) is 6.54 Å². The third-order valence-electron chi connectivity index (χ3n) is 4.79. The summed E-state index contributed by atoms with van der Waals surface area (Å²) in [4.78, 5) is 23.3. The first kappa shape index (κ1) is 16.2. The number of amides is 1. The Labute approximate surface area is 146 Å². The lowest BCUT2D eigenvalue weighted by Crippen LogP contribution is -2.31. The van der Waals surface area contributed by atoms with Crippen LogP contribution in [0.25, 0.3) is 0 Å². The highest BCUT2D eigenvalue weighted by Gasteiger charge is 2.35. The second-order valence-electron chi connectivity index (χ2n) is 6.86. The molecule has 1 aliphatic heterocycles. The summed E-state index contributed by atoms with van der Waals surface area (Å²) in [6.07, 6.45) is 6.70. The lowest BCUT2D eigenvalue weighted by molar-refractivity contribution is -0.132. The van der Waals surface area contributed by atoms with Gasteiger partial charge in [-0.05, 0) is 32.1 Å². The second-order valence-corrected chi connectivity index (χ2v) is 6.86. The first-order valence-electron chi connectivity index (χ1n) is 9.19. The van der Waals surface area contributed by atoms with Crippen molar-refractivity contribution >= 4 is 5.91 Å². The normalized spacial score (nSPS) is 20.4. The molecule has 8 nitrogen and oxygen atoms in total. The Bertz CT molecular complexity index is 736. The number of carbonyl (C=O) groups is 1. The highest BCUT2D eigenvalue weighted by molar-refractivity contribution is 5.77. The minimum Gasteiger partial charge on any atom is -0.339 e. The van der Waals surface area contributed by atoms with E-state index >= 15 is 0 Å². The van der Waals surface area contributed by atoms with E-state index in [9.17, 15) is 4.79 Å². The summed E-state index contributed by atoms with van der Waals surface area (Å²) >= 11 is 0. The molecule has 3 heterocycles. The van der Waals surface area contributed by atoms with Crippen molar-refractivity contribution in [3.8, 4) is 0 Å². The predicted molar refractivity (Wildman–Crippen MR) is 86.6 cm³/mol. The minimum absolute atomic E-state index is 0.0675. The average molecular weight is 345 g/mol. The largest absolute Gasteiger partial charge is 0.339 e. The molecule has 1 atom stereocenters. The number of rotatable bonds is 7. The number of hydrogen-bond donors (Lipinski definition) is 0. The molecule has 134 valence electrons. The van der Waals surface area contributed by atoms with Crippen LogP contribution in [0.4, 0.5) is 0 Å². The fourth-order valence-electron chi connectivity index (χ4n) is 3.29. The maximum Gasteiger partial charge on any atom is 0.229 e. The van der Waals surface area contributed by atoms with Gasteiger partial charge in [0.2, 0.25) is 17.7 Å². The molecule has 0 aromatic carbocycles. The van der Waals surface area contributed by atoms with Gasteiger partial charge in [-0.2, -0.15) is 9.97 Å². The standard InChI is InChI=1S/C17H23N5O3/c1-2-4-13-18-14(24-20-13)8-9-15(23)22-10-3-5-12(22)16-19-17(25-21-16)11-6-7-11/h11-12H,2-10H2,1H3/t12-/m0/s1. The van der Waals surface area contributed by atoms with Crippen LogP contribution in [-0.4, -0.2) is 37.6 Å². The first-order valence-corrected chi connectivity index (χ1v) is 9.19. The highest BCUT2D eigenvalue weighted by Crippen LogP contribution is 2.40. The molecule has 2 aliphatic rings. The molecule has 4 rings (SSSR count). The maximum atomic E-state index is 12.6. The molecule has 2 fully saturated rings. The van der Waals surface area contributed by atoms with Crippen molar-refractivity contribution in [1.29, 1.82) is 0 Å². The zero-order chi connectivity index (χ0) is 17.2. The monoisotopic (exact) mass is 345 g/mol. The fourth-order valence-corrected chi connectivity index (χ4v) is 3.29. The van der Waals surface area contributed by atoms with Crippen molar-refractivity contribution in [2.24, 2.45) is 0 Å². The van der Waals surface area contributed by atoms with E-state index in [1.807, 2.05) is 4.90 Å². The number of nitrogens with zero attached hydrogens (tertiary/aromatic N) is 5. The third-order valence-corrected chi connectivity index (χ3v) is 4.79. The van der Waals surface area contributed by atoms with Gasteiger partial charge in [0.15, 0.2) is 11.6 Å². The van der Waals surface area contributed by atoms with Gasteiger partial charge >= 0.3 is 0 Å². The Hall–Kier alpha value is -2.25. The summed E-state index contributed by atoms with van der Waals surface area (Å²) in [5, 5.41) is 8.04. The lowest BCUT2D eigenvalue weighted by atomic mass is 10.2. The van der Waals surface area contributed by atoms with E-state index in [1.54, 1.807) is 0 Å². The lowest BCUT2D eigenvalue weighted by Gasteiger charge is -2.21. The van der Waals surface area contributed by atoms with Gasteiger partial charge in [0.1, 0.15) is 0 Å². The molecule has 1 saturated carbocycles. The number of aryl methyl sites for hydroxylation is 2. The minimum atomic E-state index is -0.0675. The van der Waals surface area contributed by atoms with Gasteiger partial charge in [-0.25, -0.2) is 0 Å². The summed E-state index contributed by atoms with van der Waals surface area (Å²) in [6.45, 7) is 2.81. The van der Waals surface area contributed by atoms with Gasteiger partial charge in [0.25, 0.3) is 0 Å². The quantitative estimate of drug-likeness (QED) is 0.760. The number of aromatic nitrogens is 4. The molecule has 2 aromatic heterocycles. The summed E-state index contributed by atoms with van der Waals surface area (Å²) in [6, 6.07) is -0.0675. The molecule has 1 amide bonds. The van der Waals surface area contributed by atoms with E-state index in [0.717, 1.165) is 51.0 Å². The Morgan fingerprint density at radius 1 is 1.16 bits per heavy atom. The number of hydrogen-bond acceptors (Lipinski definition) is 7. The van der Waals surface area contributed by atoms with Crippen molar-refractivity contribution in [2.45, 2.75) is 70.3 Å². The molecular formula is C17H23N5O3. The molecular weight excluding hydrogens is 322 g/mol. The Morgan fingerprint density at radius 2 is 2.04 bits per heavy atom. The maximum absolute atomic E-state index is 12.6. The van der Waals surface area contributed by atoms with Gasteiger partial charge in [0.05, 0.1) is 6.04 Å². The van der Waals surface area contributed by atoms with Crippen LogP contribution in [0, 0.1) is 0 Å².